The molecule has 1 aromatic heterocycles. The predicted molar refractivity (Wildman–Crippen MR) is 66.4 cm³/mol. The van der Waals surface area contributed by atoms with E-state index in [-0.39, 0.29) is 6.61 Å². The second kappa shape index (κ2) is 4.76. The van der Waals surface area contributed by atoms with Crippen LogP contribution in [0.2, 0.25) is 0 Å². The van der Waals surface area contributed by atoms with Gasteiger partial charge in [-0.05, 0) is 20.3 Å². The molecule has 5 nitrogen and oxygen atoms in total. The van der Waals surface area contributed by atoms with Crippen molar-refractivity contribution in [2.45, 2.75) is 44.9 Å². The fraction of sp³-hybridized carbons (Fsp3) is 0.750. The lowest BCUT2D eigenvalue weighted by Gasteiger charge is -2.36. The molecule has 0 bridgehead atoms. The van der Waals surface area contributed by atoms with Gasteiger partial charge in [0, 0.05) is 37.1 Å². The van der Waals surface area contributed by atoms with E-state index in [9.17, 15) is 5.11 Å². The molecule has 3 N–H and O–H groups in total. The van der Waals surface area contributed by atoms with E-state index in [0.29, 0.717) is 6.04 Å². The minimum absolute atomic E-state index is 0.0276. The lowest BCUT2D eigenvalue weighted by Crippen LogP contribution is -2.48. The molecular formula is C12H22N4O. The summed E-state index contributed by atoms with van der Waals surface area (Å²) in [4.78, 5) is 6.72. The van der Waals surface area contributed by atoms with Crippen LogP contribution in [-0.4, -0.2) is 44.3 Å². The lowest BCUT2D eigenvalue weighted by molar-refractivity contribution is 0.114. The first-order valence-electron chi connectivity index (χ1n) is 6.15. The van der Waals surface area contributed by atoms with Gasteiger partial charge in [-0.3, -0.25) is 4.90 Å². The van der Waals surface area contributed by atoms with Crippen molar-refractivity contribution in [3.63, 3.8) is 0 Å². The molecule has 17 heavy (non-hydrogen) atoms. The average molecular weight is 238 g/mol. The van der Waals surface area contributed by atoms with Crippen molar-refractivity contribution in [2.24, 2.45) is 5.73 Å². The maximum Gasteiger partial charge on any atom is 0.122 e. The van der Waals surface area contributed by atoms with Crippen LogP contribution in [0, 0.1) is 0 Å². The van der Waals surface area contributed by atoms with Crippen molar-refractivity contribution in [2.75, 3.05) is 13.2 Å². The Labute approximate surface area is 102 Å². The Bertz CT molecular complexity index is 374. The zero-order valence-corrected chi connectivity index (χ0v) is 10.6. The molecular weight excluding hydrogens is 216 g/mol. The van der Waals surface area contributed by atoms with Crippen molar-refractivity contribution >= 4 is 0 Å². The standard InChI is InChI=1S/C12H22N4O/c1-10(7-12(2,13)9-17)16-6-5-15-4-3-14-11(15)8-16/h3-4,10,17H,5-9,13H2,1-2H3. The number of rotatable bonds is 4. The minimum atomic E-state index is -0.494. The van der Waals surface area contributed by atoms with Gasteiger partial charge in [0.15, 0.2) is 0 Å². The Morgan fingerprint density at radius 2 is 2.35 bits per heavy atom. The van der Waals surface area contributed by atoms with Crippen LogP contribution in [0.15, 0.2) is 12.4 Å². The van der Waals surface area contributed by atoms with Crippen LogP contribution < -0.4 is 5.73 Å². The summed E-state index contributed by atoms with van der Waals surface area (Å²) in [5.41, 5.74) is 5.51. The van der Waals surface area contributed by atoms with Crippen LogP contribution in [-0.2, 0) is 13.1 Å². The third-order valence-electron chi connectivity index (χ3n) is 3.52. The van der Waals surface area contributed by atoms with Crippen LogP contribution in [0.1, 0.15) is 26.1 Å². The number of aliphatic hydroxyl groups is 1. The highest BCUT2D eigenvalue weighted by Gasteiger charge is 2.27. The van der Waals surface area contributed by atoms with Crippen LogP contribution in [0.25, 0.3) is 0 Å². The molecule has 0 amide bonds. The zero-order valence-electron chi connectivity index (χ0n) is 10.6. The number of aliphatic hydroxyl groups excluding tert-OH is 1. The summed E-state index contributed by atoms with van der Waals surface area (Å²) in [5, 5.41) is 9.21. The fourth-order valence-corrected chi connectivity index (χ4v) is 2.44. The van der Waals surface area contributed by atoms with Gasteiger partial charge in [-0.15, -0.1) is 0 Å². The lowest BCUT2D eigenvalue weighted by atomic mass is 9.95. The van der Waals surface area contributed by atoms with Crippen LogP contribution in [0.5, 0.6) is 0 Å². The van der Waals surface area contributed by atoms with Gasteiger partial charge in [0.1, 0.15) is 5.82 Å². The SMILES string of the molecule is CC(CC(C)(N)CO)N1CCn2ccnc2C1. The van der Waals surface area contributed by atoms with E-state index < -0.39 is 5.54 Å². The molecule has 1 aromatic rings. The molecule has 96 valence electrons. The molecule has 0 fully saturated rings. The van der Waals surface area contributed by atoms with E-state index in [0.717, 1.165) is 31.9 Å². The fourth-order valence-electron chi connectivity index (χ4n) is 2.44. The van der Waals surface area contributed by atoms with Gasteiger partial charge in [0.2, 0.25) is 0 Å². The molecule has 2 rings (SSSR count). The number of imidazole rings is 1. The van der Waals surface area contributed by atoms with Crippen molar-refractivity contribution in [3.8, 4) is 0 Å². The number of hydrogen-bond donors (Lipinski definition) is 2. The molecule has 0 saturated carbocycles. The predicted octanol–water partition coefficient (Wildman–Crippen LogP) is 0.187. The maximum atomic E-state index is 9.21. The van der Waals surface area contributed by atoms with E-state index in [4.69, 9.17) is 5.73 Å². The number of nitrogens with two attached hydrogens (primary N) is 1. The van der Waals surface area contributed by atoms with Gasteiger partial charge in [-0.2, -0.15) is 0 Å². The summed E-state index contributed by atoms with van der Waals surface area (Å²) in [6, 6.07) is 0.364. The summed E-state index contributed by atoms with van der Waals surface area (Å²) >= 11 is 0. The molecule has 1 aliphatic rings. The summed E-state index contributed by atoms with van der Waals surface area (Å²) in [6.45, 7) is 6.97. The Morgan fingerprint density at radius 3 is 3.06 bits per heavy atom. The summed E-state index contributed by atoms with van der Waals surface area (Å²) in [5.74, 6) is 1.12. The number of fused-ring (bicyclic) bond motifs is 1. The molecule has 0 aromatic carbocycles. The second-order valence-electron chi connectivity index (χ2n) is 5.37. The number of hydrogen-bond acceptors (Lipinski definition) is 4. The molecule has 5 heteroatoms. The minimum Gasteiger partial charge on any atom is -0.394 e. The van der Waals surface area contributed by atoms with E-state index in [1.807, 2.05) is 19.3 Å². The highest BCUT2D eigenvalue weighted by molar-refractivity contribution is 4.97. The molecule has 2 atom stereocenters. The molecule has 0 aliphatic carbocycles. The van der Waals surface area contributed by atoms with Crippen molar-refractivity contribution in [1.82, 2.24) is 14.5 Å². The van der Waals surface area contributed by atoms with E-state index >= 15 is 0 Å². The molecule has 0 saturated heterocycles. The number of nitrogens with zero attached hydrogens (tertiary/aromatic N) is 3. The molecule has 0 spiro atoms. The quantitative estimate of drug-likeness (QED) is 0.785. The normalized spacial score (nSPS) is 21.9. The maximum absolute atomic E-state index is 9.21. The summed E-state index contributed by atoms with van der Waals surface area (Å²) in [6.07, 6.45) is 4.67. The smallest absolute Gasteiger partial charge is 0.122 e. The Kier molecular flexibility index (Phi) is 3.51. The Balaban J connectivity index is 1.96. The highest BCUT2D eigenvalue weighted by atomic mass is 16.3. The highest BCUT2D eigenvalue weighted by Crippen LogP contribution is 2.18. The molecule has 2 heterocycles. The topological polar surface area (TPSA) is 67.3 Å². The number of aromatic nitrogens is 2. The van der Waals surface area contributed by atoms with Crippen LogP contribution >= 0.6 is 0 Å². The first-order valence-corrected chi connectivity index (χ1v) is 6.15. The van der Waals surface area contributed by atoms with Gasteiger partial charge in [0.25, 0.3) is 0 Å². The Morgan fingerprint density at radius 1 is 1.59 bits per heavy atom. The summed E-state index contributed by atoms with van der Waals surface area (Å²) < 4.78 is 2.19. The van der Waals surface area contributed by atoms with Gasteiger partial charge in [-0.1, -0.05) is 0 Å². The van der Waals surface area contributed by atoms with Gasteiger partial charge in [-0.25, -0.2) is 4.98 Å². The largest absolute Gasteiger partial charge is 0.394 e. The second-order valence-corrected chi connectivity index (χ2v) is 5.37. The third-order valence-corrected chi connectivity index (χ3v) is 3.52. The Hall–Kier alpha value is -0.910. The van der Waals surface area contributed by atoms with Gasteiger partial charge in [0.05, 0.1) is 13.2 Å². The first kappa shape index (κ1) is 12.5. The van der Waals surface area contributed by atoms with E-state index in [1.165, 1.54) is 0 Å². The monoisotopic (exact) mass is 238 g/mol. The molecule has 0 radical (unpaired) electrons. The van der Waals surface area contributed by atoms with E-state index in [2.05, 4.69) is 21.4 Å². The van der Waals surface area contributed by atoms with Gasteiger partial charge >= 0.3 is 0 Å². The van der Waals surface area contributed by atoms with Crippen molar-refractivity contribution < 1.29 is 5.11 Å². The third kappa shape index (κ3) is 2.86. The van der Waals surface area contributed by atoms with Crippen molar-refractivity contribution in [1.29, 1.82) is 0 Å². The van der Waals surface area contributed by atoms with Crippen LogP contribution in [0.4, 0.5) is 0 Å². The first-order chi connectivity index (χ1) is 8.02. The van der Waals surface area contributed by atoms with Gasteiger partial charge < -0.3 is 15.4 Å². The average Bonchev–Trinajstić information content (AvgIpc) is 2.75. The molecule has 2 unspecified atom stereocenters. The van der Waals surface area contributed by atoms with E-state index in [1.54, 1.807) is 0 Å². The van der Waals surface area contributed by atoms with Crippen molar-refractivity contribution in [3.05, 3.63) is 18.2 Å². The van der Waals surface area contributed by atoms with Crippen LogP contribution in [0.3, 0.4) is 0 Å². The molecule has 1 aliphatic heterocycles. The zero-order chi connectivity index (χ0) is 12.5. The summed E-state index contributed by atoms with van der Waals surface area (Å²) in [7, 11) is 0.